The summed E-state index contributed by atoms with van der Waals surface area (Å²) in [6.07, 6.45) is 2.41. The number of halogens is 1. The molecule has 0 saturated heterocycles. The molecule has 0 bridgehead atoms. The summed E-state index contributed by atoms with van der Waals surface area (Å²) in [7, 11) is 1.67. The van der Waals surface area contributed by atoms with Gasteiger partial charge in [-0.3, -0.25) is 10.1 Å². The summed E-state index contributed by atoms with van der Waals surface area (Å²) >= 11 is 6.60. The number of hydrogen-bond acceptors (Lipinski definition) is 7. The van der Waals surface area contributed by atoms with Crippen molar-refractivity contribution in [3.63, 3.8) is 0 Å². The molecule has 0 radical (unpaired) electrons. The lowest BCUT2D eigenvalue weighted by atomic mass is 10.6. The summed E-state index contributed by atoms with van der Waals surface area (Å²) in [6, 6.07) is 0. The summed E-state index contributed by atoms with van der Waals surface area (Å²) in [5.41, 5.74) is -0.220. The van der Waals surface area contributed by atoms with Gasteiger partial charge < -0.3 is 0 Å². The Bertz CT molecular complexity index is 573. The number of hydrogen-bond donors (Lipinski definition) is 0. The molecule has 2 aromatic heterocycles. The maximum atomic E-state index is 10.8. The molecule has 0 fully saturated rings. The van der Waals surface area contributed by atoms with Crippen LogP contribution in [0.25, 0.3) is 0 Å². The van der Waals surface area contributed by atoms with Crippen LogP contribution in [0.15, 0.2) is 22.7 Å². The monoisotopic (exact) mass is 272 g/mol. The van der Waals surface area contributed by atoms with Gasteiger partial charge in [0.05, 0.1) is 4.92 Å². The number of rotatable bonds is 3. The summed E-state index contributed by atoms with van der Waals surface area (Å²) < 4.78 is 1.48. The number of nitro groups is 1. The first-order valence-corrected chi connectivity index (χ1v) is 5.46. The lowest BCUT2D eigenvalue weighted by Gasteiger charge is -2.00. The Balaban J connectivity index is 2.41. The Hall–Kier alpha value is -1.74. The third kappa shape index (κ3) is 2.50. The highest BCUT2D eigenvalue weighted by atomic mass is 35.5. The molecule has 88 valence electrons. The molecule has 2 rings (SSSR count). The average molecular weight is 273 g/mol. The zero-order valence-electron chi connectivity index (χ0n) is 8.44. The molecule has 0 amide bonds. The minimum atomic E-state index is -0.574. The quantitative estimate of drug-likeness (QED) is 0.359. The third-order valence-corrected chi connectivity index (χ3v) is 2.99. The van der Waals surface area contributed by atoms with Gasteiger partial charge in [0.25, 0.3) is 0 Å². The molecule has 2 aromatic rings. The van der Waals surface area contributed by atoms with Gasteiger partial charge >= 0.3 is 5.69 Å². The van der Waals surface area contributed by atoms with Gasteiger partial charge in [0.2, 0.25) is 5.28 Å². The Labute approximate surface area is 104 Å². The molecule has 0 unspecified atom stereocenters. The molecule has 8 nitrogen and oxygen atoms in total. The van der Waals surface area contributed by atoms with Gasteiger partial charge in [-0.25, -0.2) is 19.6 Å². The molecule has 0 atom stereocenters. The maximum Gasteiger partial charge on any atom is 0.320 e. The fraction of sp³-hybridized carbons (Fsp3) is 0.143. The molecule has 0 aliphatic rings. The van der Waals surface area contributed by atoms with Crippen LogP contribution in [-0.2, 0) is 7.05 Å². The predicted octanol–water partition coefficient (Wildman–Crippen LogP) is 1.32. The maximum absolute atomic E-state index is 10.8. The Morgan fingerprint density at radius 1 is 1.53 bits per heavy atom. The SMILES string of the molecule is Cn1ncnc1Sc1nc(Cl)ncc1[N+](=O)[O-]. The summed E-state index contributed by atoms with van der Waals surface area (Å²) in [5, 5.41) is 15.2. The second-order valence-corrected chi connectivity index (χ2v) is 4.15. The van der Waals surface area contributed by atoms with E-state index in [1.165, 1.54) is 11.0 Å². The number of aryl methyl sites for hydroxylation is 1. The minimum Gasteiger partial charge on any atom is -0.258 e. The predicted molar refractivity (Wildman–Crippen MR) is 58.8 cm³/mol. The van der Waals surface area contributed by atoms with Crippen molar-refractivity contribution < 1.29 is 4.92 Å². The van der Waals surface area contributed by atoms with Crippen molar-refractivity contribution in [3.05, 3.63) is 27.9 Å². The van der Waals surface area contributed by atoms with Crippen molar-refractivity contribution in [2.45, 2.75) is 10.2 Å². The van der Waals surface area contributed by atoms with Crippen LogP contribution in [0.3, 0.4) is 0 Å². The highest BCUT2D eigenvalue weighted by molar-refractivity contribution is 7.99. The number of nitrogens with zero attached hydrogens (tertiary/aromatic N) is 6. The van der Waals surface area contributed by atoms with E-state index in [2.05, 4.69) is 20.1 Å². The van der Waals surface area contributed by atoms with E-state index in [1.54, 1.807) is 7.05 Å². The van der Waals surface area contributed by atoms with E-state index in [0.717, 1.165) is 18.0 Å². The van der Waals surface area contributed by atoms with E-state index >= 15 is 0 Å². The van der Waals surface area contributed by atoms with Crippen molar-refractivity contribution in [2.24, 2.45) is 7.05 Å². The van der Waals surface area contributed by atoms with Gasteiger partial charge in [0, 0.05) is 7.05 Å². The molecule has 0 N–H and O–H groups in total. The van der Waals surface area contributed by atoms with Crippen LogP contribution in [0, 0.1) is 10.1 Å². The average Bonchev–Trinajstić information content (AvgIpc) is 2.64. The molecule has 0 saturated carbocycles. The van der Waals surface area contributed by atoms with Crippen LogP contribution in [-0.4, -0.2) is 29.7 Å². The smallest absolute Gasteiger partial charge is 0.258 e. The van der Waals surface area contributed by atoms with E-state index in [1.807, 2.05) is 0 Å². The lowest BCUT2D eigenvalue weighted by molar-refractivity contribution is -0.388. The van der Waals surface area contributed by atoms with Crippen LogP contribution in [0.1, 0.15) is 0 Å². The van der Waals surface area contributed by atoms with Gasteiger partial charge in [-0.2, -0.15) is 5.10 Å². The normalized spacial score (nSPS) is 10.5. The lowest BCUT2D eigenvalue weighted by Crippen LogP contribution is -1.98. The molecule has 17 heavy (non-hydrogen) atoms. The molecular weight excluding hydrogens is 268 g/mol. The molecule has 0 aliphatic heterocycles. The van der Waals surface area contributed by atoms with E-state index < -0.39 is 4.92 Å². The van der Waals surface area contributed by atoms with E-state index in [0.29, 0.717) is 5.16 Å². The Morgan fingerprint density at radius 3 is 2.88 bits per heavy atom. The topological polar surface area (TPSA) is 99.6 Å². The van der Waals surface area contributed by atoms with Crippen molar-refractivity contribution >= 4 is 29.1 Å². The standard InChI is InChI=1S/C7H5ClN6O2S/c1-13-7(10-3-11-13)17-5-4(14(15)16)2-9-6(8)12-5/h2-3H,1H3. The van der Waals surface area contributed by atoms with Crippen molar-refractivity contribution in [2.75, 3.05) is 0 Å². The van der Waals surface area contributed by atoms with E-state index in [-0.39, 0.29) is 16.0 Å². The summed E-state index contributed by atoms with van der Waals surface area (Å²) in [4.78, 5) is 21.5. The van der Waals surface area contributed by atoms with E-state index in [9.17, 15) is 10.1 Å². The first-order valence-electron chi connectivity index (χ1n) is 4.26. The zero-order chi connectivity index (χ0) is 12.4. The van der Waals surface area contributed by atoms with Gasteiger partial charge in [-0.15, -0.1) is 0 Å². The highest BCUT2D eigenvalue weighted by Crippen LogP contribution is 2.31. The second-order valence-electron chi connectivity index (χ2n) is 2.85. The van der Waals surface area contributed by atoms with Gasteiger partial charge in [-0.05, 0) is 23.4 Å². The van der Waals surface area contributed by atoms with Gasteiger partial charge in [0.1, 0.15) is 12.5 Å². The van der Waals surface area contributed by atoms with Crippen LogP contribution in [0.4, 0.5) is 5.69 Å². The largest absolute Gasteiger partial charge is 0.320 e. The molecule has 0 aliphatic carbocycles. The minimum absolute atomic E-state index is 0.0553. The Kier molecular flexibility index (Phi) is 3.20. The van der Waals surface area contributed by atoms with Crippen molar-refractivity contribution in [1.29, 1.82) is 0 Å². The number of aromatic nitrogens is 5. The molecule has 2 heterocycles. The summed E-state index contributed by atoms with van der Waals surface area (Å²) in [6.45, 7) is 0. The third-order valence-electron chi connectivity index (χ3n) is 1.76. The summed E-state index contributed by atoms with van der Waals surface area (Å²) in [5.74, 6) is 0. The first kappa shape index (κ1) is 11.7. The van der Waals surface area contributed by atoms with Gasteiger partial charge in [-0.1, -0.05) is 0 Å². The van der Waals surface area contributed by atoms with Gasteiger partial charge in [0.15, 0.2) is 10.2 Å². The second kappa shape index (κ2) is 4.63. The van der Waals surface area contributed by atoms with Crippen LogP contribution in [0.2, 0.25) is 5.28 Å². The van der Waals surface area contributed by atoms with Crippen LogP contribution >= 0.6 is 23.4 Å². The fourth-order valence-corrected chi connectivity index (χ4v) is 2.00. The van der Waals surface area contributed by atoms with Crippen LogP contribution in [0.5, 0.6) is 0 Å². The van der Waals surface area contributed by atoms with Crippen LogP contribution < -0.4 is 0 Å². The van der Waals surface area contributed by atoms with E-state index in [4.69, 9.17) is 11.6 Å². The fourth-order valence-electron chi connectivity index (χ4n) is 1.00. The highest BCUT2D eigenvalue weighted by Gasteiger charge is 2.19. The van der Waals surface area contributed by atoms with Crippen molar-refractivity contribution in [3.8, 4) is 0 Å². The van der Waals surface area contributed by atoms with Crippen molar-refractivity contribution in [1.82, 2.24) is 24.7 Å². The molecular formula is C7H5ClN6O2S. The molecule has 10 heteroatoms. The molecule has 0 aromatic carbocycles. The zero-order valence-corrected chi connectivity index (χ0v) is 10.0. The molecule has 0 spiro atoms. The first-order chi connectivity index (χ1) is 8.08. The Morgan fingerprint density at radius 2 is 2.29 bits per heavy atom.